The number of aromatic nitrogens is 3. The number of methoxy groups -OCH3 is 1. The van der Waals surface area contributed by atoms with E-state index in [0.29, 0.717) is 17.2 Å². The van der Waals surface area contributed by atoms with Gasteiger partial charge < -0.3 is 4.74 Å². The highest BCUT2D eigenvalue weighted by molar-refractivity contribution is 7.92. The van der Waals surface area contributed by atoms with Crippen LogP contribution in [0.1, 0.15) is 18.3 Å². The molecule has 0 amide bonds. The third kappa shape index (κ3) is 3.63. The zero-order valence-corrected chi connectivity index (χ0v) is 16.1. The van der Waals surface area contributed by atoms with Gasteiger partial charge >= 0.3 is 5.97 Å². The lowest BCUT2D eigenvalue weighted by atomic mass is 10.1. The van der Waals surface area contributed by atoms with Crippen molar-refractivity contribution < 1.29 is 17.9 Å². The molecule has 0 saturated carbocycles. The highest BCUT2D eigenvalue weighted by Gasteiger charge is 2.28. The standard InChI is InChI=1S/C18H20N4O4S/c1-4-14-5-7-15(8-6-14)22(12-18(23)26-3)27(24,25)16-9-10-17-20-19-13(2)21(17)11-16/h5-11H,4,12H2,1-3H3. The molecule has 0 radical (unpaired) electrons. The Morgan fingerprint density at radius 2 is 1.85 bits per heavy atom. The molecule has 3 rings (SSSR count). The summed E-state index contributed by atoms with van der Waals surface area (Å²) < 4.78 is 33.9. The van der Waals surface area contributed by atoms with Gasteiger partial charge in [0.05, 0.1) is 12.8 Å². The second kappa shape index (κ2) is 7.36. The minimum Gasteiger partial charge on any atom is -0.468 e. The molecule has 9 heteroatoms. The summed E-state index contributed by atoms with van der Waals surface area (Å²) in [5.41, 5.74) is 1.99. The number of fused-ring (bicyclic) bond motifs is 1. The minimum absolute atomic E-state index is 0.0290. The second-order valence-corrected chi connectivity index (χ2v) is 7.81. The summed E-state index contributed by atoms with van der Waals surface area (Å²) in [6.07, 6.45) is 2.28. The molecule has 0 aliphatic heterocycles. The van der Waals surface area contributed by atoms with Gasteiger partial charge in [-0.3, -0.25) is 13.5 Å². The Morgan fingerprint density at radius 1 is 1.15 bits per heavy atom. The van der Waals surface area contributed by atoms with Crippen molar-refractivity contribution in [3.63, 3.8) is 0 Å². The number of pyridine rings is 1. The van der Waals surface area contributed by atoms with Crippen LogP contribution in [-0.2, 0) is 26.0 Å². The average Bonchev–Trinajstić information content (AvgIpc) is 3.06. The second-order valence-electron chi connectivity index (χ2n) is 5.95. The molecule has 2 heterocycles. The van der Waals surface area contributed by atoms with Gasteiger partial charge in [-0.05, 0) is 43.2 Å². The Bertz CT molecular complexity index is 1070. The Morgan fingerprint density at radius 3 is 2.48 bits per heavy atom. The zero-order chi connectivity index (χ0) is 19.6. The smallest absolute Gasteiger partial charge is 0.326 e. The van der Waals surface area contributed by atoms with Crippen LogP contribution in [0, 0.1) is 6.92 Å². The van der Waals surface area contributed by atoms with E-state index in [4.69, 9.17) is 0 Å². The number of rotatable bonds is 6. The molecule has 1 aromatic carbocycles. The van der Waals surface area contributed by atoms with Crippen molar-refractivity contribution in [2.75, 3.05) is 18.0 Å². The summed E-state index contributed by atoms with van der Waals surface area (Å²) in [6.45, 7) is 3.31. The number of esters is 1. The van der Waals surface area contributed by atoms with Gasteiger partial charge in [-0.15, -0.1) is 10.2 Å². The van der Waals surface area contributed by atoms with Gasteiger partial charge in [-0.25, -0.2) is 8.42 Å². The Balaban J connectivity index is 2.09. The molecule has 8 nitrogen and oxygen atoms in total. The summed E-state index contributed by atoms with van der Waals surface area (Å²) >= 11 is 0. The van der Waals surface area contributed by atoms with Gasteiger partial charge in [0, 0.05) is 6.20 Å². The molecular weight excluding hydrogens is 368 g/mol. The molecule has 0 unspecified atom stereocenters. The summed E-state index contributed by atoms with van der Waals surface area (Å²) in [4.78, 5) is 11.9. The highest BCUT2D eigenvalue weighted by atomic mass is 32.2. The van der Waals surface area contributed by atoms with Gasteiger partial charge in [0.15, 0.2) is 5.65 Å². The van der Waals surface area contributed by atoms with Crippen LogP contribution in [0.25, 0.3) is 5.65 Å². The van der Waals surface area contributed by atoms with Gasteiger partial charge in [0.25, 0.3) is 10.0 Å². The van der Waals surface area contributed by atoms with E-state index in [1.807, 2.05) is 19.1 Å². The Hall–Kier alpha value is -2.94. The first-order valence-corrected chi connectivity index (χ1v) is 9.80. The SMILES string of the molecule is CCc1ccc(N(CC(=O)OC)S(=O)(=O)c2ccc3nnc(C)n3c2)cc1. The molecular formula is C18H20N4O4S. The molecule has 0 spiro atoms. The molecule has 2 aromatic heterocycles. The lowest BCUT2D eigenvalue weighted by molar-refractivity contribution is -0.138. The largest absolute Gasteiger partial charge is 0.468 e. The third-order valence-electron chi connectivity index (χ3n) is 4.27. The van der Waals surface area contributed by atoms with Crippen LogP contribution in [-0.4, -0.2) is 42.6 Å². The molecule has 3 aromatic rings. The van der Waals surface area contributed by atoms with Crippen LogP contribution in [0.4, 0.5) is 5.69 Å². The summed E-state index contributed by atoms with van der Waals surface area (Å²) in [5, 5.41) is 7.89. The first-order chi connectivity index (χ1) is 12.9. The first-order valence-electron chi connectivity index (χ1n) is 8.36. The van der Waals surface area contributed by atoms with Crippen molar-refractivity contribution in [2.45, 2.75) is 25.2 Å². The first kappa shape index (κ1) is 18.8. The molecule has 142 valence electrons. The number of carbonyl (C=O) groups excluding carboxylic acids is 1. The molecule has 0 N–H and O–H groups in total. The van der Waals surface area contributed by atoms with E-state index in [1.54, 1.807) is 29.5 Å². The number of benzene rings is 1. The summed E-state index contributed by atoms with van der Waals surface area (Å²) in [7, 11) is -2.79. The number of hydrogen-bond acceptors (Lipinski definition) is 6. The van der Waals surface area contributed by atoms with Gasteiger partial charge in [0.2, 0.25) is 0 Å². The van der Waals surface area contributed by atoms with E-state index in [-0.39, 0.29) is 4.90 Å². The number of sulfonamides is 1. The fourth-order valence-corrected chi connectivity index (χ4v) is 4.07. The van der Waals surface area contributed by atoms with Gasteiger partial charge in [0.1, 0.15) is 17.3 Å². The van der Waals surface area contributed by atoms with E-state index >= 15 is 0 Å². The van der Waals surface area contributed by atoms with E-state index in [9.17, 15) is 13.2 Å². The number of hydrogen-bond donors (Lipinski definition) is 0. The molecule has 0 bridgehead atoms. The predicted octanol–water partition coefficient (Wildman–Crippen LogP) is 1.97. The third-order valence-corrected chi connectivity index (χ3v) is 6.02. The van der Waals surface area contributed by atoms with E-state index in [1.165, 1.54) is 19.4 Å². The number of carbonyl (C=O) groups is 1. The van der Waals surface area contributed by atoms with Crippen LogP contribution in [0.5, 0.6) is 0 Å². The van der Waals surface area contributed by atoms with Gasteiger partial charge in [-0.2, -0.15) is 0 Å². The molecule has 27 heavy (non-hydrogen) atoms. The maximum absolute atomic E-state index is 13.3. The molecule has 0 aliphatic carbocycles. The van der Waals surface area contributed by atoms with Crippen LogP contribution in [0.3, 0.4) is 0 Å². The number of aryl methyl sites for hydroxylation is 2. The highest BCUT2D eigenvalue weighted by Crippen LogP contribution is 2.25. The number of anilines is 1. The normalized spacial score (nSPS) is 11.5. The van der Waals surface area contributed by atoms with Crippen molar-refractivity contribution in [1.82, 2.24) is 14.6 Å². The van der Waals surface area contributed by atoms with Crippen LogP contribution >= 0.6 is 0 Å². The summed E-state index contributed by atoms with van der Waals surface area (Å²) in [6, 6.07) is 10.1. The van der Waals surface area contributed by atoms with Crippen molar-refractivity contribution in [1.29, 1.82) is 0 Å². The monoisotopic (exact) mass is 388 g/mol. The van der Waals surface area contributed by atoms with Crippen LogP contribution in [0.2, 0.25) is 0 Å². The van der Waals surface area contributed by atoms with Gasteiger partial charge in [-0.1, -0.05) is 19.1 Å². The van der Waals surface area contributed by atoms with E-state index < -0.39 is 22.5 Å². The summed E-state index contributed by atoms with van der Waals surface area (Å²) in [5.74, 6) is -0.0893. The number of nitrogens with zero attached hydrogens (tertiary/aromatic N) is 4. The fourth-order valence-electron chi connectivity index (χ4n) is 2.66. The maximum Gasteiger partial charge on any atom is 0.326 e. The lowest BCUT2D eigenvalue weighted by Gasteiger charge is -2.23. The zero-order valence-electron chi connectivity index (χ0n) is 15.3. The molecule has 0 saturated heterocycles. The topological polar surface area (TPSA) is 93.9 Å². The fraction of sp³-hybridized carbons (Fsp3) is 0.278. The molecule has 0 fully saturated rings. The maximum atomic E-state index is 13.3. The predicted molar refractivity (Wildman–Crippen MR) is 100 cm³/mol. The van der Waals surface area contributed by atoms with Crippen molar-refractivity contribution in [3.8, 4) is 0 Å². The molecule has 0 atom stereocenters. The number of ether oxygens (including phenoxy) is 1. The van der Waals surface area contributed by atoms with Crippen molar-refractivity contribution >= 4 is 27.3 Å². The quantitative estimate of drug-likeness (QED) is 0.599. The van der Waals surface area contributed by atoms with Crippen LogP contribution < -0.4 is 4.31 Å². The minimum atomic E-state index is -4.01. The molecule has 0 aliphatic rings. The Labute approximate surface area is 157 Å². The van der Waals surface area contributed by atoms with Crippen LogP contribution in [0.15, 0.2) is 47.5 Å². The average molecular weight is 388 g/mol. The van der Waals surface area contributed by atoms with Crippen molar-refractivity contribution in [3.05, 3.63) is 54.0 Å². The van der Waals surface area contributed by atoms with Crippen molar-refractivity contribution in [2.24, 2.45) is 0 Å². The lowest BCUT2D eigenvalue weighted by Crippen LogP contribution is -2.36. The van der Waals surface area contributed by atoms with E-state index in [0.717, 1.165) is 16.3 Å². The Kier molecular flexibility index (Phi) is 5.13. The van der Waals surface area contributed by atoms with E-state index in [2.05, 4.69) is 14.9 Å².